The van der Waals surface area contributed by atoms with Crippen molar-refractivity contribution < 1.29 is 5.21 Å². The summed E-state index contributed by atoms with van der Waals surface area (Å²) in [6.07, 6.45) is 7.26. The maximum absolute atomic E-state index is 9.26. The summed E-state index contributed by atoms with van der Waals surface area (Å²) in [7, 11) is 0. The number of aryl methyl sites for hydroxylation is 1. The largest absolute Gasteiger partial charge is 0.411 e. The van der Waals surface area contributed by atoms with Gasteiger partial charge in [-0.3, -0.25) is 0 Å². The van der Waals surface area contributed by atoms with E-state index >= 15 is 0 Å². The molecular formula is C16H22N2O. The van der Waals surface area contributed by atoms with Crippen LogP contribution in [0.2, 0.25) is 0 Å². The molecule has 0 bridgehead atoms. The first-order chi connectivity index (χ1) is 9.28. The van der Waals surface area contributed by atoms with Gasteiger partial charge in [0, 0.05) is 12.5 Å². The summed E-state index contributed by atoms with van der Waals surface area (Å²) in [5, 5.41) is 16.5. The number of nitrogens with zero attached hydrogens (tertiary/aromatic N) is 1. The molecular weight excluding hydrogens is 236 g/mol. The van der Waals surface area contributed by atoms with Crippen molar-refractivity contribution in [2.75, 3.05) is 0 Å². The van der Waals surface area contributed by atoms with Gasteiger partial charge in [0.1, 0.15) is 0 Å². The summed E-state index contributed by atoms with van der Waals surface area (Å²) >= 11 is 0. The fourth-order valence-corrected chi connectivity index (χ4v) is 3.43. The first-order valence-electron chi connectivity index (χ1n) is 7.34. The first kappa shape index (κ1) is 12.7. The van der Waals surface area contributed by atoms with Crippen molar-refractivity contribution in [1.82, 2.24) is 5.32 Å². The molecule has 0 radical (unpaired) electrons. The standard InChI is InChI=1S/C16H22N2O/c1-11-7-8-14-12(9-11)10-15(18-19)16(14)17-13-5-3-2-4-6-13/h7-9,13,16-17,19H,2-6,10H2,1H3. The van der Waals surface area contributed by atoms with Gasteiger partial charge in [0.15, 0.2) is 0 Å². The molecule has 0 aliphatic heterocycles. The number of benzene rings is 1. The lowest BCUT2D eigenvalue weighted by molar-refractivity contribution is 0.311. The lowest BCUT2D eigenvalue weighted by atomic mass is 9.94. The molecule has 3 rings (SSSR count). The minimum Gasteiger partial charge on any atom is -0.411 e. The van der Waals surface area contributed by atoms with Gasteiger partial charge in [0.2, 0.25) is 0 Å². The van der Waals surface area contributed by atoms with E-state index in [1.807, 2.05) is 0 Å². The van der Waals surface area contributed by atoms with Crippen molar-refractivity contribution in [2.45, 2.75) is 57.5 Å². The maximum Gasteiger partial charge on any atom is 0.0829 e. The van der Waals surface area contributed by atoms with E-state index in [-0.39, 0.29) is 6.04 Å². The number of oxime groups is 1. The maximum atomic E-state index is 9.26. The predicted octanol–water partition coefficient (Wildman–Crippen LogP) is 3.34. The third-order valence-corrected chi connectivity index (χ3v) is 4.45. The molecule has 102 valence electrons. The lowest BCUT2D eigenvalue weighted by Crippen LogP contribution is -2.36. The Bertz CT molecular complexity index is 490. The Morgan fingerprint density at radius 2 is 2.00 bits per heavy atom. The van der Waals surface area contributed by atoms with E-state index in [0.717, 1.165) is 12.1 Å². The Kier molecular flexibility index (Phi) is 3.56. The van der Waals surface area contributed by atoms with Crippen LogP contribution in [0, 0.1) is 6.92 Å². The van der Waals surface area contributed by atoms with E-state index in [0.29, 0.717) is 6.04 Å². The number of fused-ring (bicyclic) bond motifs is 1. The van der Waals surface area contributed by atoms with Crippen molar-refractivity contribution in [3.8, 4) is 0 Å². The topological polar surface area (TPSA) is 44.6 Å². The van der Waals surface area contributed by atoms with Gasteiger partial charge in [-0.1, -0.05) is 48.2 Å². The van der Waals surface area contributed by atoms with Crippen molar-refractivity contribution >= 4 is 5.71 Å². The fourth-order valence-electron chi connectivity index (χ4n) is 3.43. The van der Waals surface area contributed by atoms with Gasteiger partial charge in [0.05, 0.1) is 11.8 Å². The van der Waals surface area contributed by atoms with Gasteiger partial charge >= 0.3 is 0 Å². The lowest BCUT2D eigenvalue weighted by Gasteiger charge is -2.27. The Labute approximate surface area is 114 Å². The number of nitrogens with one attached hydrogen (secondary N) is 1. The van der Waals surface area contributed by atoms with E-state index < -0.39 is 0 Å². The van der Waals surface area contributed by atoms with Crippen LogP contribution in [0.4, 0.5) is 0 Å². The van der Waals surface area contributed by atoms with Crippen LogP contribution >= 0.6 is 0 Å². The second kappa shape index (κ2) is 5.33. The van der Waals surface area contributed by atoms with Crippen LogP contribution in [0.5, 0.6) is 0 Å². The highest BCUT2D eigenvalue weighted by atomic mass is 16.4. The highest BCUT2D eigenvalue weighted by Crippen LogP contribution is 2.32. The van der Waals surface area contributed by atoms with Crippen LogP contribution in [0.15, 0.2) is 23.4 Å². The molecule has 0 saturated heterocycles. The summed E-state index contributed by atoms with van der Waals surface area (Å²) < 4.78 is 0. The average Bonchev–Trinajstić information content (AvgIpc) is 2.77. The second-order valence-electron chi connectivity index (χ2n) is 5.90. The average molecular weight is 258 g/mol. The minimum atomic E-state index is 0.115. The molecule has 19 heavy (non-hydrogen) atoms. The van der Waals surface area contributed by atoms with Crippen LogP contribution in [0.3, 0.4) is 0 Å². The molecule has 1 fully saturated rings. The minimum absolute atomic E-state index is 0.115. The second-order valence-corrected chi connectivity index (χ2v) is 5.90. The molecule has 2 N–H and O–H groups in total. The van der Waals surface area contributed by atoms with Gasteiger partial charge < -0.3 is 10.5 Å². The number of hydrogen-bond acceptors (Lipinski definition) is 3. The molecule has 1 aromatic rings. The van der Waals surface area contributed by atoms with Crippen LogP contribution in [0.1, 0.15) is 54.8 Å². The third kappa shape index (κ3) is 2.52. The molecule has 0 amide bonds. The molecule has 2 aliphatic rings. The molecule has 0 aromatic heterocycles. The Balaban J connectivity index is 1.83. The molecule has 1 atom stereocenters. The van der Waals surface area contributed by atoms with Crippen LogP contribution in [0.25, 0.3) is 0 Å². The van der Waals surface area contributed by atoms with Crippen molar-refractivity contribution in [2.24, 2.45) is 5.16 Å². The highest BCUT2D eigenvalue weighted by molar-refractivity contribution is 5.96. The van der Waals surface area contributed by atoms with E-state index in [9.17, 15) is 5.21 Å². The van der Waals surface area contributed by atoms with Gasteiger partial charge in [-0.15, -0.1) is 0 Å². The molecule has 1 saturated carbocycles. The Hall–Kier alpha value is -1.35. The highest BCUT2D eigenvalue weighted by Gasteiger charge is 2.31. The molecule has 2 aliphatic carbocycles. The summed E-state index contributed by atoms with van der Waals surface area (Å²) in [5.74, 6) is 0. The molecule has 1 aromatic carbocycles. The van der Waals surface area contributed by atoms with Gasteiger partial charge in [0.25, 0.3) is 0 Å². The van der Waals surface area contributed by atoms with E-state index in [2.05, 4.69) is 35.6 Å². The molecule has 0 spiro atoms. The zero-order valence-electron chi connectivity index (χ0n) is 11.5. The first-order valence-corrected chi connectivity index (χ1v) is 7.34. The van der Waals surface area contributed by atoms with Gasteiger partial charge in [-0.25, -0.2) is 0 Å². The van der Waals surface area contributed by atoms with Gasteiger partial charge in [-0.05, 0) is 30.9 Å². The molecule has 3 heteroatoms. The van der Waals surface area contributed by atoms with E-state index in [4.69, 9.17) is 0 Å². The fraction of sp³-hybridized carbons (Fsp3) is 0.562. The third-order valence-electron chi connectivity index (χ3n) is 4.45. The van der Waals surface area contributed by atoms with Crippen LogP contribution in [-0.2, 0) is 6.42 Å². The quantitative estimate of drug-likeness (QED) is 0.631. The van der Waals surface area contributed by atoms with Gasteiger partial charge in [-0.2, -0.15) is 0 Å². The zero-order valence-corrected chi connectivity index (χ0v) is 11.5. The molecule has 3 nitrogen and oxygen atoms in total. The molecule has 1 unspecified atom stereocenters. The van der Waals surface area contributed by atoms with E-state index in [1.165, 1.54) is 48.8 Å². The Morgan fingerprint density at radius 1 is 1.21 bits per heavy atom. The van der Waals surface area contributed by atoms with Crippen LogP contribution in [-0.4, -0.2) is 17.0 Å². The summed E-state index contributed by atoms with van der Waals surface area (Å²) in [5.41, 5.74) is 4.74. The zero-order chi connectivity index (χ0) is 13.2. The normalized spacial score (nSPS) is 25.7. The summed E-state index contributed by atoms with van der Waals surface area (Å²) in [4.78, 5) is 0. The van der Waals surface area contributed by atoms with Crippen LogP contribution < -0.4 is 5.32 Å². The molecule has 0 heterocycles. The number of rotatable bonds is 2. The Morgan fingerprint density at radius 3 is 2.74 bits per heavy atom. The number of hydrogen-bond donors (Lipinski definition) is 2. The van der Waals surface area contributed by atoms with Crippen molar-refractivity contribution in [1.29, 1.82) is 0 Å². The smallest absolute Gasteiger partial charge is 0.0829 e. The monoisotopic (exact) mass is 258 g/mol. The SMILES string of the molecule is Cc1ccc2c(c1)CC(=NO)C2NC1CCCCC1. The van der Waals surface area contributed by atoms with Crippen molar-refractivity contribution in [3.05, 3.63) is 34.9 Å². The summed E-state index contributed by atoms with van der Waals surface area (Å²) in [6, 6.07) is 7.23. The summed E-state index contributed by atoms with van der Waals surface area (Å²) in [6.45, 7) is 2.11. The van der Waals surface area contributed by atoms with Crippen molar-refractivity contribution in [3.63, 3.8) is 0 Å². The predicted molar refractivity (Wildman–Crippen MR) is 76.9 cm³/mol. The van der Waals surface area contributed by atoms with E-state index in [1.54, 1.807) is 0 Å².